The molecule has 3 N–H and O–H groups in total. The van der Waals surface area contributed by atoms with Crippen LogP contribution in [0.15, 0.2) is 18.2 Å². The molecule has 0 bridgehead atoms. The zero-order valence-corrected chi connectivity index (χ0v) is 26.5. The Balaban J connectivity index is 2.64. The van der Waals surface area contributed by atoms with Crippen LogP contribution in [0.5, 0.6) is 17.2 Å². The molecular formula is C33H57N3O6. The molecule has 3 amide bonds. The van der Waals surface area contributed by atoms with Crippen molar-refractivity contribution in [1.82, 2.24) is 16.0 Å². The van der Waals surface area contributed by atoms with Crippen LogP contribution in [-0.4, -0.2) is 37.9 Å². The Morgan fingerprint density at radius 1 is 0.429 bits per heavy atom. The third kappa shape index (κ3) is 20.8. The lowest BCUT2D eigenvalue weighted by molar-refractivity contribution is 0.197. The molecule has 240 valence electrons. The summed E-state index contributed by atoms with van der Waals surface area (Å²) in [5.74, 6) is 0.321. The van der Waals surface area contributed by atoms with Crippen molar-refractivity contribution in [2.45, 2.75) is 136 Å². The maximum Gasteiger partial charge on any atom is 0.412 e. The molecule has 0 heterocycles. The van der Waals surface area contributed by atoms with Gasteiger partial charge in [-0.25, -0.2) is 14.4 Å². The number of unbranched alkanes of at least 4 members (excludes halogenated alkanes) is 15. The number of ether oxygens (including phenoxy) is 3. The molecule has 0 aliphatic rings. The van der Waals surface area contributed by atoms with E-state index in [4.69, 9.17) is 14.2 Å². The van der Waals surface area contributed by atoms with Crippen molar-refractivity contribution in [2.75, 3.05) is 19.6 Å². The molecule has 0 atom stereocenters. The van der Waals surface area contributed by atoms with Gasteiger partial charge in [-0.05, 0) is 19.3 Å². The summed E-state index contributed by atoms with van der Waals surface area (Å²) in [5.41, 5.74) is 0. The lowest BCUT2D eigenvalue weighted by Crippen LogP contribution is -2.29. The van der Waals surface area contributed by atoms with Crippen molar-refractivity contribution >= 4 is 18.3 Å². The summed E-state index contributed by atoms with van der Waals surface area (Å²) in [6, 6.07) is 4.28. The molecule has 42 heavy (non-hydrogen) atoms. The number of hydrogen-bond donors (Lipinski definition) is 3. The predicted octanol–water partition coefficient (Wildman–Crippen LogP) is 9.03. The molecule has 0 aliphatic heterocycles. The maximum absolute atomic E-state index is 12.4. The monoisotopic (exact) mass is 591 g/mol. The smallest absolute Gasteiger partial charge is 0.410 e. The quantitative estimate of drug-likeness (QED) is 0.103. The fraction of sp³-hybridized carbons (Fsp3) is 0.727. The van der Waals surface area contributed by atoms with Crippen LogP contribution in [0.1, 0.15) is 136 Å². The van der Waals surface area contributed by atoms with E-state index in [1.165, 1.54) is 76.0 Å². The van der Waals surface area contributed by atoms with Crippen molar-refractivity contribution in [2.24, 2.45) is 0 Å². The minimum absolute atomic E-state index is 0.107. The Labute approximate surface area is 254 Å². The second-order valence-electron chi connectivity index (χ2n) is 10.9. The van der Waals surface area contributed by atoms with Gasteiger partial charge in [0.25, 0.3) is 0 Å². The maximum atomic E-state index is 12.4. The molecule has 1 rings (SSSR count). The first-order valence-corrected chi connectivity index (χ1v) is 16.5. The van der Waals surface area contributed by atoms with Gasteiger partial charge in [0, 0.05) is 37.8 Å². The SMILES string of the molecule is CCCCCCCCNC(=O)Oc1cc(OC(=O)NCCCCCCCC)cc(OC(=O)NCCCCCCCC)c1. The van der Waals surface area contributed by atoms with E-state index in [9.17, 15) is 14.4 Å². The van der Waals surface area contributed by atoms with Gasteiger partial charge < -0.3 is 30.2 Å². The van der Waals surface area contributed by atoms with Crippen LogP contribution in [0.25, 0.3) is 0 Å². The fourth-order valence-electron chi connectivity index (χ4n) is 4.44. The van der Waals surface area contributed by atoms with Crippen molar-refractivity contribution < 1.29 is 28.6 Å². The highest BCUT2D eigenvalue weighted by Gasteiger charge is 2.14. The number of carbonyl (C=O) groups excluding carboxylic acids is 3. The van der Waals surface area contributed by atoms with E-state index in [1.807, 2.05) is 0 Å². The molecule has 9 heteroatoms. The zero-order chi connectivity index (χ0) is 30.7. The molecule has 1 aromatic rings. The largest absolute Gasteiger partial charge is 0.412 e. The highest BCUT2D eigenvalue weighted by atomic mass is 16.6. The zero-order valence-electron chi connectivity index (χ0n) is 26.5. The first kappa shape index (κ1) is 37.1. The molecule has 9 nitrogen and oxygen atoms in total. The third-order valence-electron chi connectivity index (χ3n) is 6.88. The minimum Gasteiger partial charge on any atom is -0.410 e. The number of benzene rings is 1. The average Bonchev–Trinajstić information content (AvgIpc) is 2.95. The van der Waals surface area contributed by atoms with Crippen LogP contribution in [-0.2, 0) is 0 Å². The van der Waals surface area contributed by atoms with Gasteiger partial charge in [-0.15, -0.1) is 0 Å². The molecule has 0 unspecified atom stereocenters. The number of rotatable bonds is 24. The molecule has 0 aromatic heterocycles. The molecule has 1 aromatic carbocycles. The summed E-state index contributed by atoms with van der Waals surface area (Å²) < 4.78 is 16.3. The summed E-state index contributed by atoms with van der Waals surface area (Å²) in [7, 11) is 0. The summed E-state index contributed by atoms with van der Waals surface area (Å²) in [4.78, 5) is 37.1. The van der Waals surface area contributed by atoms with Crippen LogP contribution in [0.2, 0.25) is 0 Å². The molecule has 0 radical (unpaired) electrons. The van der Waals surface area contributed by atoms with E-state index in [2.05, 4.69) is 36.7 Å². The summed E-state index contributed by atoms with van der Waals surface area (Å²) in [6.07, 6.45) is 18.2. The normalized spacial score (nSPS) is 10.6. The minimum atomic E-state index is -0.619. The Bertz CT molecular complexity index is 742. The Morgan fingerprint density at radius 2 is 0.667 bits per heavy atom. The summed E-state index contributed by atoms with van der Waals surface area (Å²) >= 11 is 0. The lowest BCUT2D eigenvalue weighted by Gasteiger charge is -2.12. The van der Waals surface area contributed by atoms with E-state index in [1.54, 1.807) is 0 Å². The van der Waals surface area contributed by atoms with Crippen LogP contribution in [0, 0.1) is 0 Å². The van der Waals surface area contributed by atoms with Crippen molar-refractivity contribution in [3.05, 3.63) is 18.2 Å². The topological polar surface area (TPSA) is 115 Å². The molecule has 0 spiro atoms. The van der Waals surface area contributed by atoms with Gasteiger partial charge in [0.05, 0.1) is 0 Å². The van der Waals surface area contributed by atoms with E-state index in [0.29, 0.717) is 19.6 Å². The van der Waals surface area contributed by atoms with E-state index >= 15 is 0 Å². The number of nitrogens with one attached hydrogen (secondary N) is 3. The highest BCUT2D eigenvalue weighted by molar-refractivity contribution is 5.74. The Morgan fingerprint density at radius 3 is 0.929 bits per heavy atom. The highest BCUT2D eigenvalue weighted by Crippen LogP contribution is 2.28. The fourth-order valence-corrected chi connectivity index (χ4v) is 4.44. The average molecular weight is 592 g/mol. The molecule has 0 fully saturated rings. The second kappa shape index (κ2) is 25.7. The molecular weight excluding hydrogens is 534 g/mol. The van der Waals surface area contributed by atoms with Crippen LogP contribution in [0.4, 0.5) is 14.4 Å². The van der Waals surface area contributed by atoms with E-state index in [-0.39, 0.29) is 17.2 Å². The third-order valence-corrected chi connectivity index (χ3v) is 6.88. The molecule has 0 aliphatic carbocycles. The van der Waals surface area contributed by atoms with Crippen molar-refractivity contribution in [1.29, 1.82) is 0 Å². The van der Waals surface area contributed by atoms with Gasteiger partial charge in [0.2, 0.25) is 0 Å². The van der Waals surface area contributed by atoms with E-state index < -0.39 is 18.3 Å². The van der Waals surface area contributed by atoms with Gasteiger partial charge >= 0.3 is 18.3 Å². The molecule has 0 saturated heterocycles. The van der Waals surface area contributed by atoms with Gasteiger partial charge in [-0.3, -0.25) is 0 Å². The summed E-state index contributed by atoms with van der Waals surface area (Å²) in [6.45, 7) is 8.06. The van der Waals surface area contributed by atoms with Crippen LogP contribution >= 0.6 is 0 Å². The first-order chi connectivity index (χ1) is 20.5. The van der Waals surface area contributed by atoms with Crippen LogP contribution in [0.3, 0.4) is 0 Å². The second-order valence-corrected chi connectivity index (χ2v) is 10.9. The predicted molar refractivity (Wildman–Crippen MR) is 169 cm³/mol. The van der Waals surface area contributed by atoms with Gasteiger partial charge in [-0.2, -0.15) is 0 Å². The number of carbonyl (C=O) groups is 3. The lowest BCUT2D eigenvalue weighted by atomic mass is 10.1. The number of hydrogen-bond acceptors (Lipinski definition) is 6. The van der Waals surface area contributed by atoms with Gasteiger partial charge in [0.1, 0.15) is 17.2 Å². The molecule has 0 saturated carbocycles. The van der Waals surface area contributed by atoms with Gasteiger partial charge in [0.15, 0.2) is 0 Å². The Kier molecular flexibility index (Phi) is 22.7. The van der Waals surface area contributed by atoms with Gasteiger partial charge in [-0.1, -0.05) is 117 Å². The first-order valence-electron chi connectivity index (χ1n) is 16.5. The summed E-state index contributed by atoms with van der Waals surface area (Å²) in [5, 5.41) is 8.24. The standard InChI is InChI=1S/C33H57N3O6/c1-4-7-10-13-16-19-22-34-31(37)40-28-25-29(41-32(38)35-23-20-17-14-11-8-5-2)27-30(26-28)42-33(39)36-24-21-18-15-12-9-6-3/h25-27H,4-24H2,1-3H3,(H,34,37)(H,35,38)(H,36,39). The van der Waals surface area contributed by atoms with Crippen molar-refractivity contribution in [3.63, 3.8) is 0 Å². The van der Waals surface area contributed by atoms with E-state index in [0.717, 1.165) is 57.8 Å². The number of amides is 3. The van der Waals surface area contributed by atoms with Crippen LogP contribution < -0.4 is 30.2 Å². The van der Waals surface area contributed by atoms with Crippen molar-refractivity contribution in [3.8, 4) is 17.2 Å². The Hall–Kier alpha value is -2.97.